The van der Waals surface area contributed by atoms with Gasteiger partial charge in [0.2, 0.25) is 5.82 Å². The number of aryl methyl sites for hydroxylation is 1. The number of hydrogen-bond acceptors (Lipinski definition) is 6. The molecule has 1 saturated heterocycles. The van der Waals surface area contributed by atoms with Gasteiger partial charge in [-0.3, -0.25) is 0 Å². The Morgan fingerprint density at radius 3 is 3.00 bits per heavy atom. The Morgan fingerprint density at radius 1 is 1.37 bits per heavy atom. The quantitative estimate of drug-likeness (QED) is 0.397. The van der Waals surface area contributed by atoms with Crippen LogP contribution in [0, 0.1) is 18.7 Å². The van der Waals surface area contributed by atoms with Gasteiger partial charge in [0.15, 0.2) is 17.3 Å². The fourth-order valence-electron chi connectivity index (χ4n) is 4.67. The second kappa shape index (κ2) is 7.66. The van der Waals surface area contributed by atoms with Gasteiger partial charge in [-0.1, -0.05) is 29.4 Å². The monoisotopic (exact) mass is 447 g/mol. The summed E-state index contributed by atoms with van der Waals surface area (Å²) in [5.41, 5.74) is 1.64. The van der Waals surface area contributed by atoms with Crippen molar-refractivity contribution in [1.29, 1.82) is 0 Å². The molecule has 3 aromatic rings. The summed E-state index contributed by atoms with van der Waals surface area (Å²) >= 11 is 7.62. The van der Waals surface area contributed by atoms with Gasteiger partial charge in [0, 0.05) is 36.3 Å². The average Bonchev–Trinajstić information content (AvgIpc) is 3.02. The van der Waals surface area contributed by atoms with Crippen LogP contribution in [0.1, 0.15) is 24.1 Å². The van der Waals surface area contributed by atoms with Crippen molar-refractivity contribution >= 4 is 23.4 Å². The molecular formula is C21H23ClFN5OS. The van der Waals surface area contributed by atoms with Gasteiger partial charge in [-0.15, -0.1) is 10.2 Å². The molecule has 6 nitrogen and oxygen atoms in total. The predicted molar refractivity (Wildman–Crippen MR) is 114 cm³/mol. The van der Waals surface area contributed by atoms with Crippen molar-refractivity contribution in [3.05, 3.63) is 46.7 Å². The molecule has 1 aliphatic heterocycles. The van der Waals surface area contributed by atoms with E-state index in [-0.39, 0.29) is 11.2 Å². The smallest absolute Gasteiger partial charge is 0.202 e. The highest BCUT2D eigenvalue weighted by Gasteiger charge is 2.61. The minimum Gasteiger partial charge on any atom is -0.440 e. The molecule has 0 bridgehead atoms. The first-order chi connectivity index (χ1) is 14.5. The fourth-order valence-corrected chi connectivity index (χ4v) is 5.67. The van der Waals surface area contributed by atoms with E-state index >= 15 is 0 Å². The number of thioether (sulfide) groups is 1. The van der Waals surface area contributed by atoms with Gasteiger partial charge in [-0.2, -0.15) is 0 Å². The first-order valence-electron chi connectivity index (χ1n) is 10.1. The van der Waals surface area contributed by atoms with E-state index in [9.17, 15) is 4.39 Å². The summed E-state index contributed by atoms with van der Waals surface area (Å²) in [7, 11) is 1.94. The molecular weight excluding hydrogens is 425 g/mol. The van der Waals surface area contributed by atoms with Gasteiger partial charge in [0.25, 0.3) is 0 Å². The molecule has 0 unspecified atom stereocenters. The minimum atomic E-state index is -0.164. The van der Waals surface area contributed by atoms with Crippen molar-refractivity contribution in [2.75, 3.05) is 25.4 Å². The van der Waals surface area contributed by atoms with Gasteiger partial charge in [0.05, 0.1) is 5.69 Å². The molecule has 2 fully saturated rings. The Morgan fingerprint density at radius 2 is 2.23 bits per heavy atom. The first kappa shape index (κ1) is 20.0. The van der Waals surface area contributed by atoms with Crippen molar-refractivity contribution in [3.8, 4) is 11.6 Å². The Bertz CT molecular complexity index is 1090. The molecule has 1 saturated carbocycles. The van der Waals surface area contributed by atoms with E-state index in [0.29, 0.717) is 22.5 Å². The molecule has 1 aliphatic carbocycles. The molecule has 2 aliphatic rings. The van der Waals surface area contributed by atoms with Crippen molar-refractivity contribution < 1.29 is 8.81 Å². The lowest BCUT2D eigenvalue weighted by atomic mass is 9.94. The maximum atomic E-state index is 14.4. The van der Waals surface area contributed by atoms with E-state index in [1.807, 2.05) is 24.6 Å². The highest BCUT2D eigenvalue weighted by molar-refractivity contribution is 7.99. The van der Waals surface area contributed by atoms with Crippen LogP contribution in [0.4, 0.5) is 4.39 Å². The summed E-state index contributed by atoms with van der Waals surface area (Å²) in [5.74, 6) is 2.70. The highest BCUT2D eigenvalue weighted by Crippen LogP contribution is 2.59. The Balaban J connectivity index is 1.14. The lowest BCUT2D eigenvalue weighted by Gasteiger charge is -2.21. The zero-order chi connectivity index (χ0) is 20.9. The van der Waals surface area contributed by atoms with Gasteiger partial charge < -0.3 is 13.9 Å². The standard InChI is InChI=1S/C21H23ClFN5OS/c1-13-18(29-12-24-13)19-25-26-20(27(19)2)30-7-3-6-28-10-14-9-21(14,11-28)16-5-4-15(22)8-17(16)23/h4-5,8,12,14H,3,6-7,9-11H2,1-2H3/t14-,21-/m1/s1. The van der Waals surface area contributed by atoms with Gasteiger partial charge in [0.1, 0.15) is 5.82 Å². The molecule has 1 aromatic carbocycles. The van der Waals surface area contributed by atoms with Crippen LogP contribution >= 0.6 is 23.4 Å². The number of aromatic nitrogens is 4. The van der Waals surface area contributed by atoms with Crippen molar-refractivity contribution in [3.63, 3.8) is 0 Å². The summed E-state index contributed by atoms with van der Waals surface area (Å²) in [6, 6.07) is 5.12. The molecule has 158 valence electrons. The average molecular weight is 448 g/mol. The van der Waals surface area contributed by atoms with E-state index in [0.717, 1.165) is 54.6 Å². The number of fused-ring (bicyclic) bond motifs is 1. The van der Waals surface area contributed by atoms with Crippen LogP contribution in [-0.4, -0.2) is 50.0 Å². The number of piperidine rings is 1. The predicted octanol–water partition coefficient (Wildman–Crippen LogP) is 4.33. The van der Waals surface area contributed by atoms with Gasteiger partial charge >= 0.3 is 0 Å². The number of oxazole rings is 1. The number of halogens is 2. The fraction of sp³-hybridized carbons (Fsp3) is 0.476. The number of rotatable bonds is 7. The zero-order valence-corrected chi connectivity index (χ0v) is 18.5. The molecule has 2 atom stereocenters. The van der Waals surface area contributed by atoms with Crippen molar-refractivity contribution in [1.82, 2.24) is 24.6 Å². The maximum absolute atomic E-state index is 14.4. The maximum Gasteiger partial charge on any atom is 0.202 e. The second-order valence-corrected chi connectivity index (χ2v) is 9.75. The van der Waals surface area contributed by atoms with Crippen LogP contribution in [0.2, 0.25) is 5.02 Å². The summed E-state index contributed by atoms with van der Waals surface area (Å²) in [5, 5.41) is 9.87. The molecule has 0 radical (unpaired) electrons. The van der Waals surface area contributed by atoms with Crippen LogP contribution in [-0.2, 0) is 12.5 Å². The van der Waals surface area contributed by atoms with Crippen LogP contribution in [0.25, 0.3) is 11.6 Å². The van der Waals surface area contributed by atoms with Gasteiger partial charge in [-0.05, 0) is 49.9 Å². The highest BCUT2D eigenvalue weighted by atomic mass is 35.5. The topological polar surface area (TPSA) is 60.0 Å². The van der Waals surface area contributed by atoms with E-state index in [1.165, 1.54) is 12.5 Å². The lowest BCUT2D eigenvalue weighted by Crippen LogP contribution is -2.28. The third kappa shape index (κ3) is 3.44. The van der Waals surface area contributed by atoms with E-state index in [2.05, 4.69) is 20.1 Å². The van der Waals surface area contributed by atoms with E-state index < -0.39 is 0 Å². The molecule has 3 heterocycles. The summed E-state index contributed by atoms with van der Waals surface area (Å²) in [6.07, 6.45) is 3.55. The second-order valence-electron chi connectivity index (χ2n) is 8.25. The van der Waals surface area contributed by atoms with E-state index in [4.69, 9.17) is 16.0 Å². The van der Waals surface area contributed by atoms with Crippen LogP contribution in [0.15, 0.2) is 34.2 Å². The molecule has 30 heavy (non-hydrogen) atoms. The summed E-state index contributed by atoms with van der Waals surface area (Å²) in [6.45, 7) is 4.88. The molecule has 0 N–H and O–H groups in total. The van der Waals surface area contributed by atoms with Crippen LogP contribution in [0.3, 0.4) is 0 Å². The van der Waals surface area contributed by atoms with Crippen molar-refractivity contribution in [2.45, 2.75) is 30.3 Å². The molecule has 2 aromatic heterocycles. The lowest BCUT2D eigenvalue weighted by molar-refractivity contribution is 0.298. The zero-order valence-electron chi connectivity index (χ0n) is 16.9. The van der Waals surface area contributed by atoms with Crippen LogP contribution < -0.4 is 0 Å². The Kier molecular flexibility index (Phi) is 5.11. The molecule has 0 spiro atoms. The molecule has 0 amide bonds. The van der Waals surface area contributed by atoms with Crippen molar-refractivity contribution in [2.24, 2.45) is 13.0 Å². The third-order valence-corrected chi connectivity index (χ3v) is 7.66. The van der Waals surface area contributed by atoms with Crippen LogP contribution in [0.5, 0.6) is 0 Å². The van der Waals surface area contributed by atoms with Gasteiger partial charge in [-0.25, -0.2) is 9.37 Å². The minimum absolute atomic E-state index is 0.00472. The third-order valence-electron chi connectivity index (χ3n) is 6.32. The van der Waals surface area contributed by atoms with E-state index in [1.54, 1.807) is 17.8 Å². The summed E-state index contributed by atoms with van der Waals surface area (Å²) < 4.78 is 21.8. The largest absolute Gasteiger partial charge is 0.440 e. The Hall–Kier alpha value is -1.90. The number of hydrogen-bond donors (Lipinski definition) is 0. The molecule has 5 rings (SSSR count). The number of likely N-dealkylation sites (tertiary alicyclic amines) is 1. The summed E-state index contributed by atoms with van der Waals surface area (Å²) in [4.78, 5) is 6.58. The Labute approximate surface area is 183 Å². The normalized spacial score (nSPS) is 23.1. The SMILES string of the molecule is Cc1ncoc1-c1nnc(SCCCN2C[C@H]3C[C@@]3(c3ccc(Cl)cc3F)C2)n1C. The first-order valence-corrected chi connectivity index (χ1v) is 11.4. The molecule has 9 heteroatoms. The number of nitrogens with zero attached hydrogens (tertiary/aromatic N) is 5. The number of benzene rings is 1.